The van der Waals surface area contributed by atoms with Gasteiger partial charge in [0.25, 0.3) is 0 Å². The molecule has 2 bridgehead atoms. The highest BCUT2D eigenvalue weighted by atomic mass is 19.1. The standard InChI is InChI=1S/3C11H20.C10H16.C10H20.C9H17F.3C9H16.C8H14/c3*1-9(2)6-10-7-11(8-10)4-3-5-11;1-6(2)5-7-8-9(7)10(8)3-4-10;1-8(2)5-9-6-10(3,4)7-9;1-7(2)4-8-5-9(3,10)6-8;1-7(2)3-9-4-8(5-9)6-9;1-6(2)3-7-4-8-5-9(7)8;1-6(2)5-9-7-3-4-8(7)9;1-5(2)3-6-7-4-8(6)7/h3*9-10H,3-8H2,1-2H3;6-9H,3-5H2,1-2H3;8-9H,5-7H2,1-4H3;7-8H,4-6H2,1-3H3;7-8H,3-6H2,1-2H3;2*6-9H,3-5H2,1-2H3;5-8H,3-4H2,1-2H3. The molecule has 20 fully saturated rings. The third-order valence-corrected chi connectivity index (χ3v) is 31.3. The van der Waals surface area contributed by atoms with Gasteiger partial charge in [-0.3, -0.25) is 0 Å². The van der Waals surface area contributed by atoms with Gasteiger partial charge in [-0.25, -0.2) is 4.39 Å². The molecule has 0 amide bonds. The average molecular weight is 1360 g/mol. The van der Waals surface area contributed by atoms with Gasteiger partial charge in [-0.2, -0.15) is 0 Å². The summed E-state index contributed by atoms with van der Waals surface area (Å²) >= 11 is 0. The molecular formula is C97H175F. The van der Waals surface area contributed by atoms with Crippen molar-refractivity contribution in [2.75, 3.05) is 0 Å². The zero-order valence-electron chi connectivity index (χ0n) is 70.6. The lowest BCUT2D eigenvalue weighted by molar-refractivity contribution is -0.119. The van der Waals surface area contributed by atoms with Crippen LogP contribution in [0.3, 0.4) is 0 Å². The lowest BCUT2D eigenvalue weighted by Crippen LogP contribution is -2.52. The van der Waals surface area contributed by atoms with Crippen molar-refractivity contribution in [2.45, 2.75) is 415 Å². The summed E-state index contributed by atoms with van der Waals surface area (Å²) < 4.78 is 12.9. The van der Waals surface area contributed by atoms with E-state index >= 15 is 0 Å². The Bertz CT molecular complexity index is 2150. The zero-order chi connectivity index (χ0) is 71.2. The summed E-state index contributed by atoms with van der Waals surface area (Å²) in [6.07, 6.45) is 58.3. The van der Waals surface area contributed by atoms with E-state index in [1.54, 1.807) is 148 Å². The maximum atomic E-state index is 12.9. The quantitative estimate of drug-likeness (QED) is 0.114. The lowest BCUT2D eigenvalue weighted by Gasteiger charge is -2.63. The Hall–Kier alpha value is -0.0700. The fourth-order valence-corrected chi connectivity index (χ4v) is 26.2. The molecule has 0 aromatic heterocycles. The number of fused-ring (bicyclic) bond motifs is 6. The summed E-state index contributed by atoms with van der Waals surface area (Å²) in [6.45, 7) is 53.1. The van der Waals surface area contributed by atoms with E-state index in [0.717, 1.165) is 129 Å². The minimum absolute atomic E-state index is 0.676. The molecule has 9 atom stereocenters. The molecule has 0 aromatic carbocycles. The fraction of sp³-hybridized carbons (Fsp3) is 1.00. The van der Waals surface area contributed by atoms with Crippen LogP contribution in [0.15, 0.2) is 0 Å². The van der Waals surface area contributed by atoms with Crippen molar-refractivity contribution in [1.82, 2.24) is 0 Å². The SMILES string of the molecule is CC(C)CC12CC(C1)C2.CC(C)CC1C2C1C21CC1.CC(C)CC1C2CC12.CC(C)CC1C2CCC21.CC(C)CC1CC(C)(C)C1.CC(C)CC1CC(C)(F)C1.CC(C)CC1CC2(CCC2)C1.CC(C)CC1CC2(CCC2)C1.CC(C)CC1CC2(CCC2)C1.CC(C)CC1CC2CC12. The smallest absolute Gasteiger partial charge is 0.108 e. The summed E-state index contributed by atoms with van der Waals surface area (Å²) in [4.78, 5) is 0. The highest BCUT2D eigenvalue weighted by Crippen LogP contribution is 2.92. The van der Waals surface area contributed by atoms with Crippen LogP contribution in [0.2, 0.25) is 0 Å². The number of halogens is 1. The first-order chi connectivity index (χ1) is 45.9. The van der Waals surface area contributed by atoms with Gasteiger partial charge in [0.2, 0.25) is 0 Å². The minimum Gasteiger partial charge on any atom is -0.244 e. The second-order valence-electron chi connectivity index (χ2n) is 47.2. The van der Waals surface area contributed by atoms with Crippen molar-refractivity contribution in [1.29, 1.82) is 0 Å². The van der Waals surface area contributed by atoms with E-state index in [1.165, 1.54) is 167 Å². The molecule has 0 heterocycles. The first kappa shape index (κ1) is 80.5. The van der Waals surface area contributed by atoms with Crippen molar-refractivity contribution < 1.29 is 4.39 Å². The molecule has 9 unspecified atom stereocenters. The van der Waals surface area contributed by atoms with Crippen molar-refractivity contribution in [3.63, 3.8) is 0 Å². The molecule has 20 saturated carbocycles. The number of rotatable bonds is 20. The molecule has 0 radical (unpaired) electrons. The third kappa shape index (κ3) is 22.5. The predicted octanol–water partition coefficient (Wildman–Crippen LogP) is 30.7. The number of hydrogen-bond donors (Lipinski definition) is 0. The molecule has 0 aromatic rings. The van der Waals surface area contributed by atoms with Gasteiger partial charge in [-0.05, 0) is 436 Å². The first-order valence-corrected chi connectivity index (χ1v) is 45.6. The number of hydrogen-bond acceptors (Lipinski definition) is 0. The Morgan fingerprint density at radius 1 is 0.306 bits per heavy atom. The largest absolute Gasteiger partial charge is 0.244 e. The Balaban J connectivity index is 0.000000118. The van der Waals surface area contributed by atoms with Gasteiger partial charge in [0.15, 0.2) is 0 Å². The minimum atomic E-state index is -0.820. The van der Waals surface area contributed by atoms with E-state index in [1.807, 2.05) is 0 Å². The molecule has 20 aliphatic carbocycles. The van der Waals surface area contributed by atoms with Crippen LogP contribution in [-0.4, -0.2) is 5.67 Å². The van der Waals surface area contributed by atoms with E-state index in [4.69, 9.17) is 0 Å². The van der Waals surface area contributed by atoms with Crippen LogP contribution < -0.4 is 0 Å². The topological polar surface area (TPSA) is 0 Å². The van der Waals surface area contributed by atoms with Crippen molar-refractivity contribution in [2.24, 2.45) is 198 Å². The number of alkyl halides is 1. The lowest BCUT2D eigenvalue weighted by atomic mass is 9.42. The van der Waals surface area contributed by atoms with E-state index in [2.05, 4.69) is 152 Å². The van der Waals surface area contributed by atoms with Crippen LogP contribution in [0.1, 0.15) is 410 Å². The van der Waals surface area contributed by atoms with E-state index in [-0.39, 0.29) is 0 Å². The van der Waals surface area contributed by atoms with Crippen molar-refractivity contribution >= 4 is 0 Å². The molecule has 20 aliphatic rings. The predicted molar refractivity (Wildman–Crippen MR) is 427 cm³/mol. The van der Waals surface area contributed by atoms with Crippen molar-refractivity contribution in [3.05, 3.63) is 0 Å². The van der Waals surface area contributed by atoms with Gasteiger partial charge < -0.3 is 0 Å². The van der Waals surface area contributed by atoms with Gasteiger partial charge in [0.05, 0.1) is 0 Å². The van der Waals surface area contributed by atoms with Gasteiger partial charge in [0, 0.05) is 0 Å². The van der Waals surface area contributed by atoms with E-state index < -0.39 is 5.67 Å². The molecule has 0 nitrogen and oxygen atoms in total. The summed E-state index contributed by atoms with van der Waals surface area (Å²) in [6, 6.07) is 0. The van der Waals surface area contributed by atoms with Crippen LogP contribution in [-0.2, 0) is 0 Å². The van der Waals surface area contributed by atoms with Crippen LogP contribution >= 0.6 is 0 Å². The highest BCUT2D eigenvalue weighted by Gasteiger charge is 2.87. The Kier molecular flexibility index (Phi) is 26.9. The third-order valence-electron chi connectivity index (χ3n) is 31.3. The van der Waals surface area contributed by atoms with Gasteiger partial charge in [-0.15, -0.1) is 0 Å². The molecule has 98 heavy (non-hydrogen) atoms. The normalized spacial score (nSPS) is 38.3. The summed E-state index contributed by atoms with van der Waals surface area (Å²) in [7, 11) is 0. The average Bonchev–Trinajstić information content (AvgIpc) is 1.44. The Morgan fingerprint density at radius 3 is 0.837 bits per heavy atom. The molecule has 570 valence electrons. The molecule has 0 aliphatic heterocycles. The van der Waals surface area contributed by atoms with E-state index in [0.29, 0.717) is 11.3 Å². The van der Waals surface area contributed by atoms with E-state index in [9.17, 15) is 4.39 Å². The zero-order valence-corrected chi connectivity index (χ0v) is 70.6. The van der Waals surface area contributed by atoms with Gasteiger partial charge in [-0.1, -0.05) is 172 Å². The molecule has 20 rings (SSSR count). The van der Waals surface area contributed by atoms with Gasteiger partial charge >= 0.3 is 0 Å². The second kappa shape index (κ2) is 32.8. The molecule has 4 spiro atoms. The summed E-state index contributed by atoms with van der Waals surface area (Å²) in [5.41, 5.74) is 4.47. The fourth-order valence-electron chi connectivity index (χ4n) is 26.2. The van der Waals surface area contributed by atoms with Crippen LogP contribution in [0.25, 0.3) is 0 Å². The molecule has 1 heteroatoms. The second-order valence-corrected chi connectivity index (χ2v) is 47.2. The van der Waals surface area contributed by atoms with Gasteiger partial charge in [0.1, 0.15) is 5.67 Å². The van der Waals surface area contributed by atoms with Crippen LogP contribution in [0.5, 0.6) is 0 Å². The molecule has 0 saturated heterocycles. The first-order valence-electron chi connectivity index (χ1n) is 45.6. The monoisotopic (exact) mass is 1360 g/mol. The summed E-state index contributed by atoms with van der Waals surface area (Å²) in [5, 5.41) is 0. The maximum Gasteiger partial charge on any atom is 0.108 e. The molecular weight excluding hydrogens is 1180 g/mol. The van der Waals surface area contributed by atoms with Crippen LogP contribution in [0.4, 0.5) is 4.39 Å². The Labute approximate surface area is 614 Å². The Morgan fingerprint density at radius 2 is 0.633 bits per heavy atom. The van der Waals surface area contributed by atoms with Crippen molar-refractivity contribution in [3.8, 4) is 0 Å². The van der Waals surface area contributed by atoms with Crippen LogP contribution in [0, 0.1) is 198 Å². The maximum absolute atomic E-state index is 12.9. The summed E-state index contributed by atoms with van der Waals surface area (Å²) in [5.74, 6) is 29.8. The molecule has 0 N–H and O–H groups in total. The highest BCUT2D eigenvalue weighted by molar-refractivity contribution is 5.34.